The van der Waals surface area contributed by atoms with Gasteiger partial charge in [0.1, 0.15) is 6.73 Å². The molecule has 0 fully saturated rings. The minimum atomic E-state index is 0.409. The first-order chi connectivity index (χ1) is 8.25. The van der Waals surface area contributed by atoms with E-state index < -0.39 is 0 Å². The van der Waals surface area contributed by atoms with E-state index in [1.54, 1.807) is 4.68 Å². The van der Waals surface area contributed by atoms with E-state index in [2.05, 4.69) is 24.3 Å². The molecule has 0 unspecified atom stereocenters. The molecule has 0 saturated heterocycles. The number of para-hydroxylation sites is 1. The molecule has 1 N–H and O–H groups in total. The van der Waals surface area contributed by atoms with E-state index in [1.807, 2.05) is 42.6 Å². The summed E-state index contributed by atoms with van der Waals surface area (Å²) in [6, 6.07) is 12.2. The summed E-state index contributed by atoms with van der Waals surface area (Å²) in [5.41, 5.74) is 1.03. The molecule has 0 aliphatic rings. The van der Waals surface area contributed by atoms with E-state index >= 15 is 0 Å². The highest BCUT2D eigenvalue weighted by molar-refractivity contribution is 5.31. The fraction of sp³-hybridized carbons (Fsp3) is 0.308. The van der Waals surface area contributed by atoms with Crippen LogP contribution in [-0.4, -0.2) is 22.6 Å². The van der Waals surface area contributed by atoms with Crippen LogP contribution in [0.5, 0.6) is 5.88 Å². The van der Waals surface area contributed by atoms with Crippen molar-refractivity contribution < 1.29 is 4.74 Å². The van der Waals surface area contributed by atoms with Crippen LogP contribution in [0.15, 0.2) is 42.6 Å². The lowest BCUT2D eigenvalue weighted by Gasteiger charge is -2.07. The number of ether oxygens (including phenoxy) is 1. The summed E-state index contributed by atoms with van der Waals surface area (Å²) < 4.78 is 7.27. The van der Waals surface area contributed by atoms with Crippen LogP contribution in [0.4, 0.5) is 0 Å². The van der Waals surface area contributed by atoms with Crippen molar-refractivity contribution in [3.8, 4) is 11.6 Å². The molecule has 1 aromatic carbocycles. The third-order valence-electron chi connectivity index (χ3n) is 2.30. The summed E-state index contributed by atoms with van der Waals surface area (Å²) in [5, 5.41) is 7.50. The number of hydrogen-bond acceptors (Lipinski definition) is 3. The van der Waals surface area contributed by atoms with Gasteiger partial charge in [-0.3, -0.25) is 5.32 Å². The molecule has 0 saturated carbocycles. The molecule has 4 nitrogen and oxygen atoms in total. The van der Waals surface area contributed by atoms with E-state index in [9.17, 15) is 0 Å². The summed E-state index contributed by atoms with van der Waals surface area (Å²) in [7, 11) is 0. The Hall–Kier alpha value is -1.81. The van der Waals surface area contributed by atoms with Gasteiger partial charge in [0.05, 0.1) is 5.69 Å². The maximum Gasteiger partial charge on any atom is 0.234 e. The SMILES string of the molecule is CC(C)NCOc1ccn(-c2ccccc2)n1. The van der Waals surface area contributed by atoms with Gasteiger partial charge in [0, 0.05) is 18.3 Å². The molecule has 0 atom stereocenters. The van der Waals surface area contributed by atoms with Crippen molar-refractivity contribution >= 4 is 0 Å². The van der Waals surface area contributed by atoms with Gasteiger partial charge in [0.2, 0.25) is 5.88 Å². The second-order valence-corrected chi connectivity index (χ2v) is 4.08. The van der Waals surface area contributed by atoms with Crippen molar-refractivity contribution in [3.63, 3.8) is 0 Å². The van der Waals surface area contributed by atoms with Crippen LogP contribution in [0, 0.1) is 0 Å². The summed E-state index contributed by atoms with van der Waals surface area (Å²) in [5.74, 6) is 0.627. The molecule has 4 heteroatoms. The Labute approximate surface area is 101 Å². The van der Waals surface area contributed by atoms with Crippen molar-refractivity contribution in [2.45, 2.75) is 19.9 Å². The lowest BCUT2D eigenvalue weighted by molar-refractivity contribution is 0.260. The first-order valence-electron chi connectivity index (χ1n) is 5.73. The Balaban J connectivity index is 1.97. The largest absolute Gasteiger partial charge is 0.461 e. The molecule has 2 rings (SSSR count). The maximum absolute atomic E-state index is 5.48. The summed E-state index contributed by atoms with van der Waals surface area (Å²) >= 11 is 0. The number of hydrogen-bond donors (Lipinski definition) is 1. The highest BCUT2D eigenvalue weighted by atomic mass is 16.5. The zero-order valence-electron chi connectivity index (χ0n) is 10.1. The summed E-state index contributed by atoms with van der Waals surface area (Å²) in [6.45, 7) is 4.63. The fourth-order valence-corrected chi connectivity index (χ4v) is 1.39. The van der Waals surface area contributed by atoms with Gasteiger partial charge in [0.15, 0.2) is 0 Å². The smallest absolute Gasteiger partial charge is 0.234 e. The quantitative estimate of drug-likeness (QED) is 0.802. The highest BCUT2D eigenvalue weighted by Crippen LogP contribution is 2.11. The number of nitrogens with zero attached hydrogens (tertiary/aromatic N) is 2. The molecule has 0 aliphatic heterocycles. The van der Waals surface area contributed by atoms with E-state index in [0.29, 0.717) is 18.7 Å². The fourth-order valence-electron chi connectivity index (χ4n) is 1.39. The van der Waals surface area contributed by atoms with Crippen LogP contribution in [0.25, 0.3) is 5.69 Å². The lowest BCUT2D eigenvalue weighted by Crippen LogP contribution is -2.27. The zero-order valence-corrected chi connectivity index (χ0v) is 10.1. The van der Waals surface area contributed by atoms with Gasteiger partial charge in [-0.1, -0.05) is 18.2 Å². The third kappa shape index (κ3) is 3.32. The van der Waals surface area contributed by atoms with Gasteiger partial charge in [0.25, 0.3) is 0 Å². The van der Waals surface area contributed by atoms with Crippen LogP contribution in [0.1, 0.15) is 13.8 Å². The molecular formula is C13H17N3O. The predicted molar refractivity (Wildman–Crippen MR) is 67.3 cm³/mol. The molecule has 1 aromatic heterocycles. The van der Waals surface area contributed by atoms with Crippen molar-refractivity contribution in [2.75, 3.05) is 6.73 Å². The Morgan fingerprint density at radius 1 is 1.24 bits per heavy atom. The average molecular weight is 231 g/mol. The Morgan fingerprint density at radius 3 is 2.71 bits per heavy atom. The molecular weight excluding hydrogens is 214 g/mol. The molecule has 0 amide bonds. The first kappa shape index (κ1) is 11.7. The number of nitrogens with one attached hydrogen (secondary N) is 1. The Bertz CT molecular complexity index is 451. The molecule has 1 heterocycles. The zero-order chi connectivity index (χ0) is 12.1. The highest BCUT2D eigenvalue weighted by Gasteiger charge is 2.01. The second-order valence-electron chi connectivity index (χ2n) is 4.08. The van der Waals surface area contributed by atoms with Crippen molar-refractivity contribution in [2.24, 2.45) is 0 Å². The van der Waals surface area contributed by atoms with Crippen LogP contribution < -0.4 is 10.1 Å². The third-order valence-corrected chi connectivity index (χ3v) is 2.30. The Kier molecular flexibility index (Phi) is 3.77. The minimum Gasteiger partial charge on any atom is -0.461 e. The second kappa shape index (κ2) is 5.50. The first-order valence-corrected chi connectivity index (χ1v) is 5.73. The number of rotatable bonds is 5. The normalized spacial score (nSPS) is 10.8. The van der Waals surface area contributed by atoms with Gasteiger partial charge >= 0.3 is 0 Å². The van der Waals surface area contributed by atoms with Crippen LogP contribution in [0.3, 0.4) is 0 Å². The number of benzene rings is 1. The van der Waals surface area contributed by atoms with Gasteiger partial charge in [-0.2, -0.15) is 0 Å². The molecule has 0 spiro atoms. The minimum absolute atomic E-state index is 0.409. The van der Waals surface area contributed by atoms with E-state index in [-0.39, 0.29) is 0 Å². The molecule has 90 valence electrons. The molecule has 0 radical (unpaired) electrons. The van der Waals surface area contributed by atoms with Crippen LogP contribution in [-0.2, 0) is 0 Å². The molecule has 2 aromatic rings. The maximum atomic E-state index is 5.48. The van der Waals surface area contributed by atoms with Crippen molar-refractivity contribution in [1.29, 1.82) is 0 Å². The monoisotopic (exact) mass is 231 g/mol. The topological polar surface area (TPSA) is 39.1 Å². The lowest BCUT2D eigenvalue weighted by atomic mass is 10.3. The standard InChI is InChI=1S/C13H17N3O/c1-11(2)14-10-17-13-8-9-16(15-13)12-6-4-3-5-7-12/h3-9,11,14H,10H2,1-2H3. The van der Waals surface area contributed by atoms with Gasteiger partial charge in [-0.05, 0) is 26.0 Å². The van der Waals surface area contributed by atoms with Gasteiger partial charge in [-0.25, -0.2) is 4.68 Å². The molecule has 0 bridgehead atoms. The summed E-state index contributed by atoms with van der Waals surface area (Å²) in [6.07, 6.45) is 1.89. The van der Waals surface area contributed by atoms with Crippen LogP contribution in [0.2, 0.25) is 0 Å². The van der Waals surface area contributed by atoms with Crippen molar-refractivity contribution in [3.05, 3.63) is 42.6 Å². The van der Waals surface area contributed by atoms with Gasteiger partial charge in [-0.15, -0.1) is 5.10 Å². The van der Waals surface area contributed by atoms with E-state index in [4.69, 9.17) is 4.74 Å². The Morgan fingerprint density at radius 2 is 2.00 bits per heavy atom. The number of aromatic nitrogens is 2. The van der Waals surface area contributed by atoms with Crippen molar-refractivity contribution in [1.82, 2.24) is 15.1 Å². The van der Waals surface area contributed by atoms with Gasteiger partial charge < -0.3 is 4.74 Å². The predicted octanol–water partition coefficient (Wildman–Crippen LogP) is 2.21. The molecule has 17 heavy (non-hydrogen) atoms. The summed E-state index contributed by atoms with van der Waals surface area (Å²) in [4.78, 5) is 0. The average Bonchev–Trinajstić information content (AvgIpc) is 2.78. The van der Waals surface area contributed by atoms with E-state index in [0.717, 1.165) is 5.69 Å². The van der Waals surface area contributed by atoms with E-state index in [1.165, 1.54) is 0 Å². The molecule has 0 aliphatic carbocycles. The van der Waals surface area contributed by atoms with Crippen LogP contribution >= 0.6 is 0 Å².